The van der Waals surface area contributed by atoms with Crippen LogP contribution in [0.25, 0.3) is 0 Å². The Bertz CT molecular complexity index is 47.5. The molecule has 0 atom stereocenters. The molecule has 3 nitrogen and oxygen atoms in total. The van der Waals surface area contributed by atoms with E-state index >= 15 is 0 Å². The van der Waals surface area contributed by atoms with Crippen LogP contribution in [0.15, 0.2) is 0 Å². The number of rotatable bonds is 0. The van der Waals surface area contributed by atoms with Crippen LogP contribution >= 0.6 is 17.0 Å². The van der Waals surface area contributed by atoms with Crippen LogP contribution in [-0.4, -0.2) is 43.7 Å². The SMILES string of the molecule is Br.O=C(O)O.[Cs+].[Cs+].[H-].[H-].[PbH2]. The van der Waals surface area contributed by atoms with Crippen LogP contribution in [-0.2, 0) is 0 Å². The molecule has 8 heavy (non-hydrogen) atoms. The monoisotopic (exact) mass is 620 g/mol. The molecule has 2 radical (unpaired) electrons. The molecule has 42 valence electrons. The molecule has 0 fully saturated rings. The average molecular weight is 620 g/mol. The van der Waals surface area contributed by atoms with Crippen molar-refractivity contribution in [3.8, 4) is 0 Å². The molecule has 0 aliphatic heterocycles. The Hall–Kier alpha value is 4.78. The summed E-state index contributed by atoms with van der Waals surface area (Å²) < 4.78 is 0. The number of halogens is 1. The standard InChI is InChI=1S/CH2O3.BrH.2Cs.Pb.4H/c2-1(3)4;;;;;;;;/h(H2,2,3,4);1H;;;;;;;/q;;2*+1;;;;2*-1. The van der Waals surface area contributed by atoms with Gasteiger partial charge in [0.2, 0.25) is 0 Å². The molecule has 0 rings (SSSR count). The van der Waals surface area contributed by atoms with E-state index in [-0.39, 0.29) is 185 Å². The van der Waals surface area contributed by atoms with E-state index in [2.05, 4.69) is 0 Å². The molecule has 0 aromatic rings. The molecule has 0 heterocycles. The summed E-state index contributed by atoms with van der Waals surface area (Å²) in [7, 11) is 0. The van der Waals surface area contributed by atoms with Gasteiger partial charge in [-0.3, -0.25) is 0 Å². The van der Waals surface area contributed by atoms with E-state index in [9.17, 15) is 0 Å². The Morgan fingerprint density at radius 2 is 1.25 bits per heavy atom. The van der Waals surface area contributed by atoms with Gasteiger partial charge in [-0.1, -0.05) is 0 Å². The van der Waals surface area contributed by atoms with E-state index in [1.807, 2.05) is 0 Å². The van der Waals surface area contributed by atoms with Crippen molar-refractivity contribution in [1.82, 2.24) is 0 Å². The van der Waals surface area contributed by atoms with E-state index in [0.717, 1.165) is 0 Å². The summed E-state index contributed by atoms with van der Waals surface area (Å²) >= 11 is 0. The van der Waals surface area contributed by atoms with Gasteiger partial charge in [0, 0.05) is 0 Å². The van der Waals surface area contributed by atoms with Crippen LogP contribution in [0.5, 0.6) is 0 Å². The van der Waals surface area contributed by atoms with Crippen LogP contribution in [0.4, 0.5) is 4.79 Å². The topological polar surface area (TPSA) is 57.5 Å². The molecular formula is CH7BrCs2O3Pb. The molecule has 0 saturated heterocycles. The molecule has 0 aliphatic rings. The Balaban J connectivity index is -0.00000000300. The van der Waals surface area contributed by atoms with Crippen LogP contribution in [0.1, 0.15) is 2.85 Å². The van der Waals surface area contributed by atoms with Gasteiger partial charge in [0.1, 0.15) is 0 Å². The maximum absolute atomic E-state index is 8.56. The van der Waals surface area contributed by atoms with Crippen LogP contribution < -0.4 is 138 Å². The van der Waals surface area contributed by atoms with Crippen molar-refractivity contribution >= 4 is 50.4 Å². The van der Waals surface area contributed by atoms with Gasteiger partial charge in [0.15, 0.2) is 0 Å². The second-order valence-electron chi connectivity index (χ2n) is 0.283. The van der Waals surface area contributed by atoms with E-state index < -0.39 is 6.16 Å². The minimum absolute atomic E-state index is 0. The van der Waals surface area contributed by atoms with Crippen molar-refractivity contribution in [2.75, 3.05) is 0 Å². The van der Waals surface area contributed by atoms with E-state index in [1.54, 1.807) is 0 Å². The van der Waals surface area contributed by atoms with Crippen molar-refractivity contribution < 1.29 is 156 Å². The zero-order valence-electron chi connectivity index (χ0n) is 6.92. The van der Waals surface area contributed by atoms with Crippen molar-refractivity contribution in [2.45, 2.75) is 0 Å². The number of carbonyl (C=O) groups is 1. The first-order valence-electron chi connectivity index (χ1n) is 0.651. The Morgan fingerprint density at radius 1 is 1.25 bits per heavy atom. The predicted molar refractivity (Wildman–Crippen MR) is 31.7 cm³/mol. The third-order valence-corrected chi connectivity index (χ3v) is 0. The van der Waals surface area contributed by atoms with Gasteiger partial charge < -0.3 is 13.1 Å². The average Bonchev–Trinajstić information content (AvgIpc) is 0.811. The normalized spacial score (nSPS) is 3.00. The number of carboxylic acid groups (broad SMARTS) is 2. The predicted octanol–water partition coefficient (Wildman–Crippen LogP) is -5.88. The fraction of sp³-hybridized carbons (Fsp3) is 0. The van der Waals surface area contributed by atoms with E-state index in [0.29, 0.717) is 0 Å². The fourth-order valence-corrected chi connectivity index (χ4v) is 0. The van der Waals surface area contributed by atoms with Gasteiger partial charge in [0.05, 0.1) is 0 Å². The molecular weight excluding hydrogens is 613 g/mol. The minimum atomic E-state index is -1.83. The molecule has 2 N–H and O–H groups in total. The molecule has 0 amide bonds. The third-order valence-electron chi connectivity index (χ3n) is 0. The molecule has 0 saturated carbocycles. The molecule has 0 unspecified atom stereocenters. The molecule has 7 heteroatoms. The van der Waals surface area contributed by atoms with Gasteiger partial charge in [0.25, 0.3) is 0 Å². The summed E-state index contributed by atoms with van der Waals surface area (Å²) in [4.78, 5) is 8.56. The van der Waals surface area contributed by atoms with Gasteiger partial charge in [-0.25, -0.2) is 4.79 Å². The van der Waals surface area contributed by atoms with Gasteiger partial charge in [-0.2, -0.15) is 0 Å². The second kappa shape index (κ2) is 22.6. The summed E-state index contributed by atoms with van der Waals surface area (Å²) in [5.41, 5.74) is 0. The van der Waals surface area contributed by atoms with Gasteiger partial charge in [-0.15, -0.1) is 17.0 Å². The summed E-state index contributed by atoms with van der Waals surface area (Å²) in [6.07, 6.45) is -1.83. The van der Waals surface area contributed by atoms with Crippen molar-refractivity contribution in [1.29, 1.82) is 0 Å². The van der Waals surface area contributed by atoms with Crippen LogP contribution in [0, 0.1) is 0 Å². The second-order valence-corrected chi connectivity index (χ2v) is 0.283. The first-order valence-corrected chi connectivity index (χ1v) is 0.651. The van der Waals surface area contributed by atoms with Crippen LogP contribution in [0.3, 0.4) is 0 Å². The molecule has 0 aromatic carbocycles. The summed E-state index contributed by atoms with van der Waals surface area (Å²) in [6, 6.07) is 0. The summed E-state index contributed by atoms with van der Waals surface area (Å²) in [5, 5.41) is 13.9. The molecule has 0 spiro atoms. The molecule has 0 bridgehead atoms. The van der Waals surface area contributed by atoms with Crippen molar-refractivity contribution in [2.24, 2.45) is 0 Å². The number of hydrogen-bond donors (Lipinski definition) is 2. The fourth-order valence-electron chi connectivity index (χ4n) is 0. The Morgan fingerprint density at radius 3 is 1.25 bits per heavy atom. The van der Waals surface area contributed by atoms with E-state index in [4.69, 9.17) is 15.0 Å². The van der Waals surface area contributed by atoms with Crippen molar-refractivity contribution in [3.63, 3.8) is 0 Å². The maximum atomic E-state index is 8.56. The zero-order valence-corrected chi connectivity index (χ0v) is 24.7. The van der Waals surface area contributed by atoms with E-state index in [1.165, 1.54) is 0 Å². The van der Waals surface area contributed by atoms with Crippen LogP contribution in [0.2, 0.25) is 0 Å². The zero-order chi connectivity index (χ0) is 3.58. The number of hydrogen-bond acceptors (Lipinski definition) is 1. The Kier molecular flexibility index (Phi) is 82.8. The summed E-state index contributed by atoms with van der Waals surface area (Å²) in [6.45, 7) is 0. The first-order chi connectivity index (χ1) is 1.73. The van der Waals surface area contributed by atoms with Gasteiger partial charge >= 0.3 is 171 Å². The molecule has 0 aliphatic carbocycles. The third kappa shape index (κ3) is 45.1. The summed E-state index contributed by atoms with van der Waals surface area (Å²) in [5.74, 6) is 0. The first kappa shape index (κ1) is 29.3. The quantitative estimate of drug-likeness (QED) is 0.266. The Labute approximate surface area is 199 Å². The van der Waals surface area contributed by atoms with Crippen molar-refractivity contribution in [3.05, 3.63) is 0 Å². The van der Waals surface area contributed by atoms with Gasteiger partial charge in [-0.05, 0) is 0 Å². The molecule has 0 aromatic heterocycles.